The number of carbonyl (C=O) groups is 1. The predicted octanol–water partition coefficient (Wildman–Crippen LogP) is 0.832. The standard InChI is InChI=1S/C13H18N6O/c1-9(2)10(6-14)13(20)18-11-4-3-5-16-12(11)19-8-15-7-17-19/h3-5,7-10H,6,14H2,1-2H3,(H,18,20). The van der Waals surface area contributed by atoms with Crippen LogP contribution in [0.25, 0.3) is 5.82 Å². The summed E-state index contributed by atoms with van der Waals surface area (Å²) in [5, 5.41) is 6.88. The lowest BCUT2D eigenvalue weighted by Gasteiger charge is -2.19. The van der Waals surface area contributed by atoms with Crippen molar-refractivity contribution in [3.63, 3.8) is 0 Å². The molecule has 3 N–H and O–H groups in total. The molecule has 1 unspecified atom stereocenters. The van der Waals surface area contributed by atoms with E-state index < -0.39 is 0 Å². The van der Waals surface area contributed by atoms with Crippen LogP contribution in [0.15, 0.2) is 31.0 Å². The predicted molar refractivity (Wildman–Crippen MR) is 75.2 cm³/mol. The lowest BCUT2D eigenvalue weighted by molar-refractivity contribution is -0.120. The van der Waals surface area contributed by atoms with Gasteiger partial charge in [-0.1, -0.05) is 13.8 Å². The largest absolute Gasteiger partial charge is 0.330 e. The summed E-state index contributed by atoms with van der Waals surface area (Å²) >= 11 is 0. The minimum atomic E-state index is -0.237. The fourth-order valence-corrected chi connectivity index (χ4v) is 1.90. The molecule has 0 aliphatic rings. The first-order chi connectivity index (χ1) is 9.63. The first-order valence-electron chi connectivity index (χ1n) is 6.44. The number of amides is 1. The first kappa shape index (κ1) is 14.1. The molecule has 0 spiro atoms. The monoisotopic (exact) mass is 274 g/mol. The third kappa shape index (κ3) is 3.00. The third-order valence-electron chi connectivity index (χ3n) is 3.08. The average Bonchev–Trinajstić information content (AvgIpc) is 2.93. The number of hydrogen-bond acceptors (Lipinski definition) is 5. The number of aromatic nitrogens is 4. The zero-order valence-electron chi connectivity index (χ0n) is 11.5. The second-order valence-electron chi connectivity index (χ2n) is 4.79. The van der Waals surface area contributed by atoms with E-state index in [9.17, 15) is 4.79 Å². The van der Waals surface area contributed by atoms with Crippen LogP contribution < -0.4 is 11.1 Å². The Kier molecular flexibility index (Phi) is 4.41. The van der Waals surface area contributed by atoms with Gasteiger partial charge >= 0.3 is 0 Å². The SMILES string of the molecule is CC(C)C(CN)C(=O)Nc1cccnc1-n1cncn1. The summed E-state index contributed by atoms with van der Waals surface area (Å²) < 4.78 is 1.50. The Labute approximate surface area is 117 Å². The van der Waals surface area contributed by atoms with Crippen LogP contribution in [-0.4, -0.2) is 32.2 Å². The maximum atomic E-state index is 12.2. The van der Waals surface area contributed by atoms with E-state index >= 15 is 0 Å². The van der Waals surface area contributed by atoms with Crippen molar-refractivity contribution in [3.8, 4) is 5.82 Å². The molecule has 1 atom stereocenters. The zero-order chi connectivity index (χ0) is 14.5. The number of pyridine rings is 1. The van der Waals surface area contributed by atoms with Gasteiger partial charge in [0.15, 0.2) is 5.82 Å². The number of hydrogen-bond donors (Lipinski definition) is 2. The Morgan fingerprint density at radius 3 is 2.90 bits per heavy atom. The van der Waals surface area contributed by atoms with Crippen LogP contribution >= 0.6 is 0 Å². The summed E-state index contributed by atoms with van der Waals surface area (Å²) in [5.74, 6) is 0.347. The van der Waals surface area contributed by atoms with Crippen molar-refractivity contribution in [2.24, 2.45) is 17.6 Å². The zero-order valence-corrected chi connectivity index (χ0v) is 11.5. The smallest absolute Gasteiger partial charge is 0.229 e. The molecule has 2 aromatic rings. The minimum absolute atomic E-state index is 0.114. The van der Waals surface area contributed by atoms with E-state index in [2.05, 4.69) is 20.4 Å². The van der Waals surface area contributed by atoms with Crippen molar-refractivity contribution < 1.29 is 4.79 Å². The van der Waals surface area contributed by atoms with Crippen molar-refractivity contribution in [2.75, 3.05) is 11.9 Å². The molecule has 106 valence electrons. The summed E-state index contributed by atoms with van der Waals surface area (Å²) in [4.78, 5) is 20.3. The molecule has 0 bridgehead atoms. The molecular formula is C13H18N6O. The summed E-state index contributed by atoms with van der Waals surface area (Å²) in [6.07, 6.45) is 4.58. The summed E-state index contributed by atoms with van der Waals surface area (Å²) in [6.45, 7) is 4.25. The molecule has 0 saturated carbocycles. The van der Waals surface area contributed by atoms with Crippen LogP contribution in [-0.2, 0) is 4.79 Å². The average molecular weight is 274 g/mol. The van der Waals surface area contributed by atoms with Gasteiger partial charge in [-0.15, -0.1) is 0 Å². The molecule has 20 heavy (non-hydrogen) atoms. The van der Waals surface area contributed by atoms with E-state index in [0.29, 0.717) is 18.1 Å². The molecule has 0 saturated heterocycles. The van der Waals surface area contributed by atoms with Gasteiger partial charge in [-0.05, 0) is 18.1 Å². The Morgan fingerprint density at radius 2 is 2.30 bits per heavy atom. The number of nitrogens with zero attached hydrogens (tertiary/aromatic N) is 4. The maximum Gasteiger partial charge on any atom is 0.229 e. The van der Waals surface area contributed by atoms with Gasteiger partial charge < -0.3 is 11.1 Å². The minimum Gasteiger partial charge on any atom is -0.330 e. The Hall–Kier alpha value is -2.28. The number of carbonyl (C=O) groups excluding carboxylic acids is 1. The van der Waals surface area contributed by atoms with E-state index in [-0.39, 0.29) is 17.7 Å². The van der Waals surface area contributed by atoms with Gasteiger partial charge in [-0.2, -0.15) is 5.10 Å². The van der Waals surface area contributed by atoms with Gasteiger partial charge in [0.1, 0.15) is 12.7 Å². The Bertz CT molecular complexity index is 566. The highest BCUT2D eigenvalue weighted by molar-refractivity contribution is 5.94. The van der Waals surface area contributed by atoms with Crippen LogP contribution in [0.2, 0.25) is 0 Å². The van der Waals surface area contributed by atoms with Crippen LogP contribution in [0, 0.1) is 11.8 Å². The van der Waals surface area contributed by atoms with E-state index in [1.54, 1.807) is 18.3 Å². The van der Waals surface area contributed by atoms with Gasteiger partial charge in [-0.25, -0.2) is 14.6 Å². The molecule has 2 rings (SSSR count). The second kappa shape index (κ2) is 6.25. The summed E-state index contributed by atoms with van der Waals surface area (Å²) in [6, 6.07) is 3.53. The van der Waals surface area contributed by atoms with Crippen molar-refractivity contribution in [3.05, 3.63) is 31.0 Å². The van der Waals surface area contributed by atoms with Gasteiger partial charge in [0, 0.05) is 12.7 Å². The number of nitrogens with two attached hydrogens (primary N) is 1. The fraction of sp³-hybridized carbons (Fsp3) is 0.385. The van der Waals surface area contributed by atoms with Crippen LogP contribution in [0.1, 0.15) is 13.8 Å². The number of rotatable bonds is 5. The molecular weight excluding hydrogens is 256 g/mol. The lowest BCUT2D eigenvalue weighted by atomic mass is 9.95. The van der Waals surface area contributed by atoms with E-state index in [0.717, 1.165) is 0 Å². The number of anilines is 1. The fourth-order valence-electron chi connectivity index (χ4n) is 1.90. The summed E-state index contributed by atoms with van der Waals surface area (Å²) in [7, 11) is 0. The van der Waals surface area contributed by atoms with Gasteiger partial charge in [0.05, 0.1) is 11.6 Å². The van der Waals surface area contributed by atoms with Crippen LogP contribution in [0.3, 0.4) is 0 Å². The highest BCUT2D eigenvalue weighted by Gasteiger charge is 2.21. The van der Waals surface area contributed by atoms with E-state index in [4.69, 9.17) is 5.73 Å². The second-order valence-corrected chi connectivity index (χ2v) is 4.79. The highest BCUT2D eigenvalue weighted by Crippen LogP contribution is 2.18. The molecule has 7 heteroatoms. The molecule has 2 aromatic heterocycles. The molecule has 0 aliphatic heterocycles. The summed E-state index contributed by atoms with van der Waals surface area (Å²) in [5.41, 5.74) is 6.24. The molecule has 0 aromatic carbocycles. The normalized spacial score (nSPS) is 12.4. The Morgan fingerprint density at radius 1 is 1.50 bits per heavy atom. The van der Waals surface area contributed by atoms with Gasteiger partial charge in [-0.3, -0.25) is 4.79 Å². The maximum absolute atomic E-state index is 12.2. The van der Waals surface area contributed by atoms with Crippen molar-refractivity contribution in [1.82, 2.24) is 19.7 Å². The van der Waals surface area contributed by atoms with Gasteiger partial charge in [0.2, 0.25) is 5.91 Å². The molecule has 0 aliphatic carbocycles. The Balaban J connectivity index is 2.24. The quantitative estimate of drug-likeness (QED) is 0.841. The number of nitrogens with one attached hydrogen (secondary N) is 1. The van der Waals surface area contributed by atoms with Crippen LogP contribution in [0.5, 0.6) is 0 Å². The van der Waals surface area contributed by atoms with E-state index in [1.165, 1.54) is 17.3 Å². The van der Waals surface area contributed by atoms with Crippen molar-refractivity contribution in [2.45, 2.75) is 13.8 Å². The topological polar surface area (TPSA) is 98.7 Å². The molecule has 1 amide bonds. The molecule has 0 radical (unpaired) electrons. The van der Waals surface area contributed by atoms with E-state index in [1.807, 2.05) is 13.8 Å². The van der Waals surface area contributed by atoms with Crippen molar-refractivity contribution in [1.29, 1.82) is 0 Å². The van der Waals surface area contributed by atoms with Crippen LogP contribution in [0.4, 0.5) is 5.69 Å². The highest BCUT2D eigenvalue weighted by atomic mass is 16.1. The molecule has 2 heterocycles. The first-order valence-corrected chi connectivity index (χ1v) is 6.44. The third-order valence-corrected chi connectivity index (χ3v) is 3.08. The molecule has 7 nitrogen and oxygen atoms in total. The van der Waals surface area contributed by atoms with Gasteiger partial charge in [0.25, 0.3) is 0 Å². The molecule has 0 fully saturated rings. The lowest BCUT2D eigenvalue weighted by Crippen LogP contribution is -2.33. The van der Waals surface area contributed by atoms with Crippen molar-refractivity contribution >= 4 is 11.6 Å².